The first-order chi connectivity index (χ1) is 11.0. The average Bonchev–Trinajstić information content (AvgIpc) is 2.52. The van der Waals surface area contributed by atoms with Crippen molar-refractivity contribution in [1.29, 1.82) is 0 Å². The fourth-order valence-corrected chi connectivity index (χ4v) is 2.72. The van der Waals surface area contributed by atoms with Crippen molar-refractivity contribution in [1.82, 2.24) is 10.2 Å². The number of hydrogen-bond acceptors (Lipinski definition) is 1. The van der Waals surface area contributed by atoms with Crippen molar-refractivity contribution in [2.75, 3.05) is 19.6 Å². The molecule has 0 unspecified atom stereocenters. The number of rotatable bonds is 5. The third-order valence-electron chi connectivity index (χ3n) is 3.90. The second kappa shape index (κ2) is 8.22. The van der Waals surface area contributed by atoms with Gasteiger partial charge in [0.1, 0.15) is 0 Å². The molecule has 1 N–H and O–H groups in total. The highest BCUT2D eigenvalue weighted by Crippen LogP contribution is 2.22. The molecule has 0 atom stereocenters. The van der Waals surface area contributed by atoms with Crippen LogP contribution in [-0.2, 0) is 13.0 Å². The number of unbranched alkanes of at least 4 members (excludes halogenated alkanes) is 1. The van der Waals surface area contributed by atoms with Crippen molar-refractivity contribution in [2.24, 2.45) is 4.99 Å². The van der Waals surface area contributed by atoms with E-state index in [1.807, 2.05) is 13.0 Å². The van der Waals surface area contributed by atoms with Crippen LogP contribution in [0.1, 0.15) is 37.3 Å². The summed E-state index contributed by atoms with van der Waals surface area (Å²) in [5, 5.41) is 3.24. The zero-order valence-electron chi connectivity index (χ0n) is 13.5. The highest BCUT2D eigenvalue weighted by molar-refractivity contribution is 5.80. The molecule has 1 aromatic rings. The van der Waals surface area contributed by atoms with Crippen molar-refractivity contribution >= 4 is 5.96 Å². The molecule has 3 nitrogen and oxygen atoms in total. The molecule has 1 aliphatic heterocycles. The largest absolute Gasteiger partial charge is 0.389 e. The van der Waals surface area contributed by atoms with Gasteiger partial charge in [-0.25, -0.2) is 0 Å². The number of aliphatic imine (C=N–C) groups is 1. The van der Waals surface area contributed by atoms with Crippen LogP contribution in [0.2, 0.25) is 0 Å². The molecule has 1 heterocycles. The molecule has 1 aromatic carbocycles. The van der Waals surface area contributed by atoms with E-state index < -0.39 is 12.6 Å². The first-order valence-corrected chi connectivity index (χ1v) is 8.16. The molecule has 0 aliphatic carbocycles. The summed E-state index contributed by atoms with van der Waals surface area (Å²) in [5.74, 6) is 0.800. The van der Waals surface area contributed by atoms with E-state index in [0.29, 0.717) is 13.0 Å². The fourth-order valence-electron chi connectivity index (χ4n) is 2.72. The van der Waals surface area contributed by atoms with Gasteiger partial charge in [0.2, 0.25) is 0 Å². The van der Waals surface area contributed by atoms with Crippen LogP contribution in [0.15, 0.2) is 29.3 Å². The summed E-state index contributed by atoms with van der Waals surface area (Å²) >= 11 is 0. The van der Waals surface area contributed by atoms with Gasteiger partial charge in [0.15, 0.2) is 5.96 Å². The molecule has 2 rings (SSSR count). The Hall–Kier alpha value is -1.72. The maximum atomic E-state index is 12.1. The highest BCUT2D eigenvalue weighted by Gasteiger charge is 2.25. The third kappa shape index (κ3) is 5.77. The van der Waals surface area contributed by atoms with E-state index >= 15 is 0 Å². The lowest BCUT2D eigenvalue weighted by atomic mass is 10.0. The Labute approximate surface area is 135 Å². The molecule has 0 fully saturated rings. The topological polar surface area (TPSA) is 27.6 Å². The Kier molecular flexibility index (Phi) is 6.30. The Balaban J connectivity index is 1.89. The van der Waals surface area contributed by atoms with E-state index in [1.54, 1.807) is 0 Å². The Morgan fingerprint density at radius 1 is 1.22 bits per heavy atom. The minimum atomic E-state index is -4.06. The van der Waals surface area contributed by atoms with Gasteiger partial charge in [0, 0.05) is 32.6 Å². The second-order valence-corrected chi connectivity index (χ2v) is 5.75. The summed E-state index contributed by atoms with van der Waals surface area (Å²) in [5.41, 5.74) is 2.66. The van der Waals surface area contributed by atoms with Gasteiger partial charge in [-0.15, -0.1) is 0 Å². The van der Waals surface area contributed by atoms with Gasteiger partial charge in [0.05, 0.1) is 0 Å². The van der Waals surface area contributed by atoms with Crippen LogP contribution in [0, 0.1) is 0 Å². The van der Waals surface area contributed by atoms with E-state index in [1.165, 1.54) is 11.1 Å². The van der Waals surface area contributed by atoms with Gasteiger partial charge >= 0.3 is 6.18 Å². The molecule has 0 aromatic heterocycles. The molecule has 0 radical (unpaired) electrons. The van der Waals surface area contributed by atoms with Gasteiger partial charge in [-0.1, -0.05) is 24.3 Å². The predicted molar refractivity (Wildman–Crippen MR) is 86.4 cm³/mol. The normalized spacial score (nSPS) is 15.5. The van der Waals surface area contributed by atoms with Gasteiger partial charge < -0.3 is 10.2 Å². The molecule has 0 spiro atoms. The number of guanidine groups is 1. The molecule has 23 heavy (non-hydrogen) atoms. The zero-order valence-corrected chi connectivity index (χ0v) is 13.5. The van der Waals surface area contributed by atoms with Crippen LogP contribution >= 0.6 is 0 Å². The van der Waals surface area contributed by atoms with Crippen molar-refractivity contribution in [3.63, 3.8) is 0 Å². The maximum absolute atomic E-state index is 12.1. The standard InChI is InChI=1S/C17H24F3N3/c1-2-21-16(22-11-6-5-10-17(18,19)20)23-12-9-14-7-3-4-8-15(14)13-23/h3-4,7-8H,2,5-6,9-13H2,1H3,(H,21,22). The Morgan fingerprint density at radius 3 is 2.65 bits per heavy atom. The summed E-state index contributed by atoms with van der Waals surface area (Å²) in [6, 6.07) is 8.35. The summed E-state index contributed by atoms with van der Waals surface area (Å²) in [6.07, 6.45) is -3.23. The van der Waals surface area contributed by atoms with E-state index in [0.717, 1.165) is 32.0 Å². The molecule has 128 valence electrons. The maximum Gasteiger partial charge on any atom is 0.389 e. The quantitative estimate of drug-likeness (QED) is 0.507. The number of fused-ring (bicyclic) bond motifs is 1. The SMILES string of the molecule is CCNC(=NCCCCC(F)(F)F)N1CCc2ccccc2C1. The molecule has 0 amide bonds. The van der Waals surface area contributed by atoms with E-state index in [-0.39, 0.29) is 6.42 Å². The van der Waals surface area contributed by atoms with Gasteiger partial charge in [-0.05, 0) is 37.3 Å². The molecular weight excluding hydrogens is 303 g/mol. The van der Waals surface area contributed by atoms with Crippen molar-refractivity contribution in [3.05, 3.63) is 35.4 Å². The minimum Gasteiger partial charge on any atom is -0.357 e. The lowest BCUT2D eigenvalue weighted by Gasteiger charge is -2.31. The average molecular weight is 327 g/mol. The molecule has 0 bridgehead atoms. The monoisotopic (exact) mass is 327 g/mol. The fraction of sp³-hybridized carbons (Fsp3) is 0.588. The summed E-state index contributed by atoms with van der Waals surface area (Å²) in [6.45, 7) is 4.85. The number of hydrogen-bond donors (Lipinski definition) is 1. The number of halogens is 3. The predicted octanol–water partition coefficient (Wildman–Crippen LogP) is 3.74. The number of alkyl halides is 3. The van der Waals surface area contributed by atoms with E-state index in [9.17, 15) is 13.2 Å². The van der Waals surface area contributed by atoms with Gasteiger partial charge in [-0.2, -0.15) is 13.2 Å². The number of nitrogens with one attached hydrogen (secondary N) is 1. The minimum absolute atomic E-state index is 0.134. The number of benzene rings is 1. The highest BCUT2D eigenvalue weighted by atomic mass is 19.4. The number of nitrogens with zero attached hydrogens (tertiary/aromatic N) is 2. The third-order valence-corrected chi connectivity index (χ3v) is 3.90. The van der Waals surface area contributed by atoms with Crippen LogP contribution in [0.5, 0.6) is 0 Å². The van der Waals surface area contributed by atoms with E-state index in [4.69, 9.17) is 0 Å². The lowest BCUT2D eigenvalue weighted by Crippen LogP contribution is -2.44. The smallest absolute Gasteiger partial charge is 0.357 e. The molecule has 6 heteroatoms. The summed E-state index contributed by atoms with van der Waals surface area (Å²) < 4.78 is 36.4. The van der Waals surface area contributed by atoms with Crippen LogP contribution in [0.3, 0.4) is 0 Å². The lowest BCUT2D eigenvalue weighted by molar-refractivity contribution is -0.135. The van der Waals surface area contributed by atoms with Crippen molar-refractivity contribution in [3.8, 4) is 0 Å². The van der Waals surface area contributed by atoms with Crippen molar-refractivity contribution < 1.29 is 13.2 Å². The summed E-state index contributed by atoms with van der Waals surface area (Å²) in [7, 11) is 0. The van der Waals surface area contributed by atoms with Crippen LogP contribution in [0.25, 0.3) is 0 Å². The first kappa shape index (κ1) is 17.6. The van der Waals surface area contributed by atoms with Crippen molar-refractivity contribution in [2.45, 2.75) is 45.3 Å². The van der Waals surface area contributed by atoms with Crippen LogP contribution < -0.4 is 5.32 Å². The van der Waals surface area contributed by atoms with E-state index in [2.05, 4.69) is 33.4 Å². The van der Waals surface area contributed by atoms with Gasteiger partial charge in [0.25, 0.3) is 0 Å². The molecular formula is C17H24F3N3. The molecule has 0 saturated carbocycles. The van der Waals surface area contributed by atoms with Gasteiger partial charge in [-0.3, -0.25) is 4.99 Å². The first-order valence-electron chi connectivity index (χ1n) is 8.16. The summed E-state index contributed by atoms with van der Waals surface area (Å²) in [4.78, 5) is 6.67. The van der Waals surface area contributed by atoms with Crippen LogP contribution in [0.4, 0.5) is 13.2 Å². The molecule has 1 aliphatic rings. The molecule has 0 saturated heterocycles. The Morgan fingerprint density at radius 2 is 1.96 bits per heavy atom. The van der Waals surface area contributed by atoms with Crippen LogP contribution in [-0.4, -0.2) is 36.7 Å². The zero-order chi connectivity index (χ0) is 16.7. The Bertz CT molecular complexity index is 526. The second-order valence-electron chi connectivity index (χ2n) is 5.75.